The van der Waals surface area contributed by atoms with Gasteiger partial charge in [-0.2, -0.15) is 0 Å². The lowest BCUT2D eigenvalue weighted by Crippen LogP contribution is -2.50. The highest BCUT2D eigenvalue weighted by molar-refractivity contribution is 8.01. The van der Waals surface area contributed by atoms with E-state index in [1.54, 1.807) is 24.3 Å². The van der Waals surface area contributed by atoms with Gasteiger partial charge in [0.15, 0.2) is 22.2 Å². The number of ketones is 1. The Morgan fingerprint density at radius 3 is 2.94 bits per heavy atom. The average Bonchev–Trinajstić information content (AvgIpc) is 2.87. The lowest BCUT2D eigenvalue weighted by molar-refractivity contribution is -0.120. The zero-order valence-corrected chi connectivity index (χ0v) is 11.3. The summed E-state index contributed by atoms with van der Waals surface area (Å²) in [5.74, 6) is 1.13. The van der Waals surface area contributed by atoms with Crippen molar-refractivity contribution in [2.75, 3.05) is 24.8 Å². The van der Waals surface area contributed by atoms with Gasteiger partial charge in [0.1, 0.15) is 6.61 Å². The van der Waals surface area contributed by atoms with Crippen LogP contribution in [0.2, 0.25) is 0 Å². The number of aromatic hydroxyl groups is 1. The number of hydrogen-bond donors (Lipinski definition) is 2. The number of hydrogen-bond acceptors (Lipinski definition) is 5. The third-order valence-electron chi connectivity index (χ3n) is 2.73. The molecular weight excluding hydrogens is 274 g/mol. The largest absolute Gasteiger partial charge is 0.504 e. The van der Waals surface area contributed by atoms with Crippen LogP contribution in [0.3, 0.4) is 0 Å². The molecule has 1 aliphatic heterocycles. The van der Waals surface area contributed by atoms with E-state index in [4.69, 9.17) is 16.3 Å². The third-order valence-corrected chi connectivity index (χ3v) is 4.36. The fourth-order valence-corrected chi connectivity index (χ4v) is 3.19. The average molecular weight is 288 g/mol. The predicted molar refractivity (Wildman–Crippen MR) is 72.5 cm³/mol. The van der Waals surface area contributed by atoms with E-state index >= 15 is 0 Å². The molecule has 0 radical (unpaired) electrons. The van der Waals surface area contributed by atoms with Gasteiger partial charge in [-0.1, -0.05) is 12.1 Å². The number of Topliss-reactive ketones (excluding diaryl/α,β-unsaturated/α-hetero) is 1. The molecule has 6 heteroatoms. The number of phenolic OH excluding ortho intramolecular Hbond substituents is 1. The molecule has 1 aliphatic rings. The molecule has 2 rings (SSSR count). The predicted octanol–water partition coefficient (Wildman–Crippen LogP) is 1.61. The number of carbonyl (C=O) groups is 1. The van der Waals surface area contributed by atoms with Gasteiger partial charge >= 0.3 is 0 Å². The minimum absolute atomic E-state index is 0.0515. The summed E-state index contributed by atoms with van der Waals surface area (Å²) in [5.41, 5.74) is 0. The van der Waals surface area contributed by atoms with Gasteiger partial charge in [-0.05, 0) is 12.1 Å². The van der Waals surface area contributed by atoms with Crippen molar-refractivity contribution < 1.29 is 14.6 Å². The van der Waals surface area contributed by atoms with E-state index in [-0.39, 0.29) is 24.0 Å². The number of alkyl halides is 1. The Morgan fingerprint density at radius 1 is 1.56 bits per heavy atom. The van der Waals surface area contributed by atoms with Gasteiger partial charge in [-0.15, -0.1) is 23.4 Å². The van der Waals surface area contributed by atoms with Crippen molar-refractivity contribution in [3.63, 3.8) is 0 Å². The van der Waals surface area contributed by atoms with Crippen LogP contribution in [0.5, 0.6) is 11.5 Å². The Labute approximate surface area is 115 Å². The first-order chi connectivity index (χ1) is 8.68. The first-order valence-electron chi connectivity index (χ1n) is 5.57. The normalized spacial score (nSPS) is 22.9. The van der Waals surface area contributed by atoms with E-state index in [2.05, 4.69) is 5.32 Å². The number of carbonyl (C=O) groups excluding carboxylic acids is 1. The topological polar surface area (TPSA) is 58.6 Å². The van der Waals surface area contributed by atoms with Crippen molar-refractivity contribution >= 4 is 29.1 Å². The van der Waals surface area contributed by atoms with Crippen LogP contribution in [0.4, 0.5) is 0 Å². The summed E-state index contributed by atoms with van der Waals surface area (Å²) >= 11 is 7.12. The Bertz CT molecular complexity index is 435. The van der Waals surface area contributed by atoms with Crippen LogP contribution in [0.1, 0.15) is 0 Å². The number of phenols is 1. The van der Waals surface area contributed by atoms with Crippen LogP contribution < -0.4 is 10.1 Å². The van der Waals surface area contributed by atoms with E-state index in [0.29, 0.717) is 5.75 Å². The van der Waals surface area contributed by atoms with Gasteiger partial charge in [0.25, 0.3) is 0 Å². The molecule has 1 saturated heterocycles. The molecule has 0 aliphatic carbocycles. The standard InChI is InChI=1S/C12H14ClNO3S/c13-7-11(16)12(14-5-6-18-12)8-17-10-4-2-1-3-9(10)15/h1-4,14-15H,5-8H2. The molecule has 0 spiro atoms. The first kappa shape index (κ1) is 13.5. The minimum atomic E-state index is -0.788. The molecule has 1 atom stereocenters. The second-order valence-corrected chi connectivity index (χ2v) is 5.58. The van der Waals surface area contributed by atoms with E-state index < -0.39 is 4.87 Å². The Kier molecular flexibility index (Phi) is 4.37. The number of rotatable bonds is 5. The lowest BCUT2D eigenvalue weighted by Gasteiger charge is -2.26. The van der Waals surface area contributed by atoms with Crippen LogP contribution in [0, 0.1) is 0 Å². The van der Waals surface area contributed by atoms with Crippen molar-refractivity contribution in [1.82, 2.24) is 5.32 Å². The highest BCUT2D eigenvalue weighted by atomic mass is 35.5. The highest BCUT2D eigenvalue weighted by Crippen LogP contribution is 2.32. The molecule has 1 unspecified atom stereocenters. The van der Waals surface area contributed by atoms with Crippen molar-refractivity contribution in [2.45, 2.75) is 4.87 Å². The fraction of sp³-hybridized carbons (Fsp3) is 0.417. The van der Waals surface area contributed by atoms with Gasteiger partial charge in [-0.3, -0.25) is 10.1 Å². The first-order valence-corrected chi connectivity index (χ1v) is 7.09. The summed E-state index contributed by atoms with van der Waals surface area (Å²) in [6.45, 7) is 0.901. The lowest BCUT2D eigenvalue weighted by atomic mass is 10.2. The van der Waals surface area contributed by atoms with E-state index in [9.17, 15) is 9.90 Å². The third kappa shape index (κ3) is 2.74. The highest BCUT2D eigenvalue weighted by Gasteiger charge is 2.42. The number of thioether (sulfide) groups is 1. The van der Waals surface area contributed by atoms with E-state index in [0.717, 1.165) is 12.3 Å². The molecule has 1 aromatic rings. The Morgan fingerprint density at radius 2 is 2.33 bits per heavy atom. The molecule has 1 aromatic carbocycles. The zero-order chi connectivity index (χ0) is 13.0. The van der Waals surface area contributed by atoms with Crippen LogP contribution in [0.25, 0.3) is 0 Å². The van der Waals surface area contributed by atoms with Gasteiger partial charge in [-0.25, -0.2) is 0 Å². The summed E-state index contributed by atoms with van der Waals surface area (Å²) in [6, 6.07) is 6.68. The van der Waals surface area contributed by atoms with E-state index in [1.807, 2.05) is 0 Å². The van der Waals surface area contributed by atoms with Gasteiger partial charge in [0.05, 0.1) is 5.88 Å². The molecule has 0 amide bonds. The monoisotopic (exact) mass is 287 g/mol. The van der Waals surface area contributed by atoms with Crippen LogP contribution in [0.15, 0.2) is 24.3 Å². The minimum Gasteiger partial charge on any atom is -0.504 e. The Balaban J connectivity index is 2.07. The molecule has 0 bridgehead atoms. The SMILES string of the molecule is O=C(CCl)C1(COc2ccccc2O)NCCS1. The van der Waals surface area contributed by atoms with Crippen LogP contribution >= 0.6 is 23.4 Å². The second kappa shape index (κ2) is 5.82. The van der Waals surface area contributed by atoms with Gasteiger partial charge < -0.3 is 9.84 Å². The quantitative estimate of drug-likeness (QED) is 0.806. The molecule has 98 valence electrons. The number of benzene rings is 1. The summed E-state index contributed by atoms with van der Waals surface area (Å²) in [6.07, 6.45) is 0. The Hall–Kier alpha value is -0.910. The summed E-state index contributed by atoms with van der Waals surface area (Å²) < 4.78 is 5.53. The maximum absolute atomic E-state index is 11.9. The van der Waals surface area contributed by atoms with Crippen molar-refractivity contribution in [1.29, 1.82) is 0 Å². The maximum atomic E-state index is 11.9. The molecule has 4 nitrogen and oxygen atoms in total. The fourth-order valence-electron chi connectivity index (χ4n) is 1.75. The number of para-hydroxylation sites is 2. The number of halogens is 1. The van der Waals surface area contributed by atoms with Crippen LogP contribution in [-0.4, -0.2) is 40.5 Å². The summed E-state index contributed by atoms with van der Waals surface area (Å²) in [5, 5.41) is 12.7. The van der Waals surface area contributed by atoms with Crippen molar-refractivity contribution in [3.8, 4) is 11.5 Å². The molecular formula is C12H14ClNO3S. The zero-order valence-electron chi connectivity index (χ0n) is 9.69. The summed E-state index contributed by atoms with van der Waals surface area (Å²) in [7, 11) is 0. The van der Waals surface area contributed by atoms with E-state index in [1.165, 1.54) is 11.8 Å². The van der Waals surface area contributed by atoms with Crippen LogP contribution in [-0.2, 0) is 4.79 Å². The molecule has 18 heavy (non-hydrogen) atoms. The molecule has 1 heterocycles. The summed E-state index contributed by atoms with van der Waals surface area (Å²) in [4.78, 5) is 11.1. The number of ether oxygens (including phenoxy) is 1. The van der Waals surface area contributed by atoms with Gasteiger partial charge in [0, 0.05) is 12.3 Å². The molecule has 0 aromatic heterocycles. The van der Waals surface area contributed by atoms with Gasteiger partial charge in [0.2, 0.25) is 0 Å². The maximum Gasteiger partial charge on any atom is 0.181 e. The molecule has 2 N–H and O–H groups in total. The van der Waals surface area contributed by atoms with Crippen molar-refractivity contribution in [3.05, 3.63) is 24.3 Å². The molecule has 0 saturated carbocycles. The smallest absolute Gasteiger partial charge is 0.181 e. The second-order valence-electron chi connectivity index (χ2n) is 3.92. The van der Waals surface area contributed by atoms with Crippen molar-refractivity contribution in [2.24, 2.45) is 0 Å². The molecule has 1 fully saturated rings. The number of nitrogens with one attached hydrogen (secondary N) is 1.